The second-order valence-corrected chi connectivity index (χ2v) is 5.13. The summed E-state index contributed by atoms with van der Waals surface area (Å²) in [4.78, 5) is 0. The van der Waals surface area contributed by atoms with Crippen LogP contribution >= 0.6 is 31.9 Å². The lowest BCUT2D eigenvalue weighted by atomic mass is 10.0. The van der Waals surface area contributed by atoms with Crippen LogP contribution in [0.25, 0.3) is 0 Å². The lowest BCUT2D eigenvalue weighted by Crippen LogP contribution is -2.23. The third-order valence-electron chi connectivity index (χ3n) is 2.41. The standard InChI is InChI=1S/C10H11Br2NO/c11-7-2-1-6(5-8(7)12)10-9(13)3-4-14-10/h1-2,5,9-10H,3-4,13H2. The van der Waals surface area contributed by atoms with Gasteiger partial charge in [-0.2, -0.15) is 0 Å². The summed E-state index contributed by atoms with van der Waals surface area (Å²) in [6.07, 6.45) is 0.998. The van der Waals surface area contributed by atoms with Crippen LogP contribution in [0.15, 0.2) is 27.1 Å². The first kappa shape index (κ1) is 10.6. The molecule has 2 nitrogen and oxygen atoms in total. The average Bonchev–Trinajstić information content (AvgIpc) is 2.57. The molecule has 0 radical (unpaired) electrons. The molecule has 2 atom stereocenters. The van der Waals surface area contributed by atoms with Gasteiger partial charge in [0, 0.05) is 21.6 Å². The molecule has 1 saturated heterocycles. The van der Waals surface area contributed by atoms with Crippen molar-refractivity contribution in [3.8, 4) is 0 Å². The number of hydrogen-bond acceptors (Lipinski definition) is 2. The van der Waals surface area contributed by atoms with Gasteiger partial charge in [0.05, 0.1) is 6.10 Å². The summed E-state index contributed by atoms with van der Waals surface area (Å²) in [6, 6.07) is 6.24. The molecule has 1 aliphatic heterocycles. The van der Waals surface area contributed by atoms with Gasteiger partial charge in [-0.05, 0) is 56.0 Å². The fraction of sp³-hybridized carbons (Fsp3) is 0.400. The molecule has 14 heavy (non-hydrogen) atoms. The summed E-state index contributed by atoms with van der Waals surface area (Å²) >= 11 is 6.90. The second-order valence-electron chi connectivity index (χ2n) is 3.42. The summed E-state index contributed by atoms with van der Waals surface area (Å²) in [5.74, 6) is 0. The van der Waals surface area contributed by atoms with Gasteiger partial charge in [0.2, 0.25) is 0 Å². The number of halogens is 2. The van der Waals surface area contributed by atoms with Crippen LogP contribution in [0.4, 0.5) is 0 Å². The molecule has 1 fully saturated rings. The Balaban J connectivity index is 2.28. The van der Waals surface area contributed by atoms with E-state index in [0.29, 0.717) is 0 Å². The van der Waals surface area contributed by atoms with E-state index in [0.717, 1.165) is 27.5 Å². The highest BCUT2D eigenvalue weighted by Gasteiger charge is 2.26. The van der Waals surface area contributed by atoms with E-state index in [-0.39, 0.29) is 12.1 Å². The smallest absolute Gasteiger partial charge is 0.0976 e. The van der Waals surface area contributed by atoms with E-state index >= 15 is 0 Å². The normalized spacial score (nSPS) is 26.8. The molecule has 1 aromatic carbocycles. The first-order valence-electron chi connectivity index (χ1n) is 4.50. The molecule has 0 aliphatic carbocycles. The zero-order valence-corrected chi connectivity index (χ0v) is 10.7. The van der Waals surface area contributed by atoms with Crippen molar-refractivity contribution < 1.29 is 4.74 Å². The predicted octanol–water partition coefficient (Wildman–Crippen LogP) is 3.00. The molecule has 2 N–H and O–H groups in total. The van der Waals surface area contributed by atoms with Gasteiger partial charge >= 0.3 is 0 Å². The lowest BCUT2D eigenvalue weighted by molar-refractivity contribution is 0.105. The van der Waals surface area contributed by atoms with E-state index in [9.17, 15) is 0 Å². The van der Waals surface area contributed by atoms with Crippen LogP contribution in [0.1, 0.15) is 18.1 Å². The van der Waals surface area contributed by atoms with Gasteiger partial charge < -0.3 is 10.5 Å². The Labute approximate surface area is 100 Å². The van der Waals surface area contributed by atoms with Gasteiger partial charge in [0.15, 0.2) is 0 Å². The van der Waals surface area contributed by atoms with E-state index in [1.807, 2.05) is 12.1 Å². The van der Waals surface area contributed by atoms with Gasteiger partial charge in [0.1, 0.15) is 0 Å². The van der Waals surface area contributed by atoms with Crippen LogP contribution in [0, 0.1) is 0 Å². The molecule has 4 heteroatoms. The van der Waals surface area contributed by atoms with Crippen molar-refractivity contribution in [3.05, 3.63) is 32.7 Å². The molecule has 2 unspecified atom stereocenters. The van der Waals surface area contributed by atoms with Crippen LogP contribution in [-0.4, -0.2) is 12.6 Å². The Morgan fingerprint density at radius 3 is 2.64 bits per heavy atom. The molecule has 76 valence electrons. The van der Waals surface area contributed by atoms with Crippen LogP contribution in [0.2, 0.25) is 0 Å². The van der Waals surface area contributed by atoms with Gasteiger partial charge in [0.25, 0.3) is 0 Å². The zero-order valence-electron chi connectivity index (χ0n) is 7.54. The van der Waals surface area contributed by atoms with Crippen molar-refractivity contribution >= 4 is 31.9 Å². The Kier molecular flexibility index (Phi) is 3.27. The molecule has 0 spiro atoms. The van der Waals surface area contributed by atoms with Crippen LogP contribution in [0.3, 0.4) is 0 Å². The molecule has 1 heterocycles. The maximum absolute atomic E-state index is 5.95. The summed E-state index contributed by atoms with van der Waals surface area (Å²) < 4.78 is 7.67. The quantitative estimate of drug-likeness (QED) is 0.863. The third-order valence-corrected chi connectivity index (χ3v) is 4.29. The molecule has 2 rings (SSSR count). The first-order chi connectivity index (χ1) is 6.68. The SMILES string of the molecule is NC1CCOC1c1ccc(Br)c(Br)c1. The van der Waals surface area contributed by atoms with E-state index < -0.39 is 0 Å². The Morgan fingerprint density at radius 1 is 1.29 bits per heavy atom. The Morgan fingerprint density at radius 2 is 2.07 bits per heavy atom. The molecule has 0 bridgehead atoms. The summed E-state index contributed by atoms with van der Waals surface area (Å²) in [5, 5.41) is 0. The predicted molar refractivity (Wildman–Crippen MR) is 63.1 cm³/mol. The zero-order chi connectivity index (χ0) is 10.1. The first-order valence-corrected chi connectivity index (χ1v) is 6.09. The lowest BCUT2D eigenvalue weighted by Gasteiger charge is -2.15. The highest BCUT2D eigenvalue weighted by molar-refractivity contribution is 9.13. The third kappa shape index (κ3) is 2.03. The van der Waals surface area contributed by atoms with Gasteiger partial charge in [-0.3, -0.25) is 0 Å². The maximum atomic E-state index is 5.95. The van der Waals surface area contributed by atoms with Crippen LogP contribution in [0.5, 0.6) is 0 Å². The van der Waals surface area contributed by atoms with Crippen molar-refractivity contribution in [2.45, 2.75) is 18.6 Å². The van der Waals surface area contributed by atoms with E-state index in [2.05, 4.69) is 37.9 Å². The number of benzene rings is 1. The highest BCUT2D eigenvalue weighted by atomic mass is 79.9. The molecular weight excluding hydrogens is 310 g/mol. The van der Waals surface area contributed by atoms with Crippen molar-refractivity contribution in [3.63, 3.8) is 0 Å². The van der Waals surface area contributed by atoms with Crippen molar-refractivity contribution in [2.75, 3.05) is 6.61 Å². The molecule has 0 amide bonds. The van der Waals surface area contributed by atoms with Crippen LogP contribution < -0.4 is 5.73 Å². The number of nitrogens with two attached hydrogens (primary N) is 1. The van der Waals surface area contributed by atoms with Crippen molar-refractivity contribution in [2.24, 2.45) is 5.73 Å². The Bertz CT molecular complexity index is 343. The highest BCUT2D eigenvalue weighted by Crippen LogP contribution is 2.32. The maximum Gasteiger partial charge on any atom is 0.0976 e. The largest absolute Gasteiger partial charge is 0.372 e. The Hall–Kier alpha value is 0.1000. The molecule has 0 aromatic heterocycles. The van der Waals surface area contributed by atoms with E-state index in [1.54, 1.807) is 0 Å². The van der Waals surface area contributed by atoms with Crippen molar-refractivity contribution in [1.29, 1.82) is 0 Å². The van der Waals surface area contributed by atoms with Crippen molar-refractivity contribution in [1.82, 2.24) is 0 Å². The summed E-state index contributed by atoms with van der Waals surface area (Å²) in [5.41, 5.74) is 7.09. The van der Waals surface area contributed by atoms with Gasteiger partial charge in [-0.1, -0.05) is 6.07 Å². The van der Waals surface area contributed by atoms with Crippen LogP contribution in [-0.2, 0) is 4.74 Å². The second kappa shape index (κ2) is 4.31. The molecular formula is C10H11Br2NO. The molecule has 1 aliphatic rings. The monoisotopic (exact) mass is 319 g/mol. The fourth-order valence-corrected chi connectivity index (χ4v) is 2.28. The summed E-state index contributed by atoms with van der Waals surface area (Å²) in [7, 11) is 0. The average molecular weight is 321 g/mol. The number of ether oxygens (including phenoxy) is 1. The van der Waals surface area contributed by atoms with Gasteiger partial charge in [-0.15, -0.1) is 0 Å². The minimum atomic E-state index is 0.0550. The number of rotatable bonds is 1. The topological polar surface area (TPSA) is 35.2 Å². The molecule has 1 aromatic rings. The molecule has 0 saturated carbocycles. The van der Waals surface area contributed by atoms with E-state index in [4.69, 9.17) is 10.5 Å². The minimum Gasteiger partial charge on any atom is -0.372 e. The minimum absolute atomic E-state index is 0.0550. The van der Waals surface area contributed by atoms with Gasteiger partial charge in [-0.25, -0.2) is 0 Å². The fourth-order valence-electron chi connectivity index (χ4n) is 1.64. The van der Waals surface area contributed by atoms with E-state index in [1.165, 1.54) is 0 Å². The summed E-state index contributed by atoms with van der Waals surface area (Å²) in [6.45, 7) is 0.763. The number of hydrogen-bond donors (Lipinski definition) is 1.